The molecule has 174 valence electrons. The number of piperazine rings is 1. The third-order valence-electron chi connectivity index (χ3n) is 5.71. The van der Waals surface area contributed by atoms with Crippen molar-refractivity contribution < 1.29 is 19.1 Å². The van der Waals surface area contributed by atoms with Crippen LogP contribution >= 0.6 is 23.2 Å². The number of amides is 3. The molecule has 0 saturated carbocycles. The number of benzene rings is 1. The number of carbonyl (C=O) groups excluding carboxylic acids is 3. The lowest BCUT2D eigenvalue weighted by Crippen LogP contribution is -2.53. The van der Waals surface area contributed by atoms with Gasteiger partial charge in [-0.25, -0.2) is 9.59 Å². The van der Waals surface area contributed by atoms with Crippen molar-refractivity contribution in [3.8, 4) is 0 Å². The van der Waals surface area contributed by atoms with E-state index in [-0.39, 0.29) is 18.5 Å². The van der Waals surface area contributed by atoms with E-state index in [9.17, 15) is 14.4 Å². The number of halogens is 2. The van der Waals surface area contributed by atoms with Crippen LogP contribution in [0.4, 0.5) is 4.79 Å². The fourth-order valence-corrected chi connectivity index (χ4v) is 4.58. The minimum absolute atomic E-state index is 0.0424. The van der Waals surface area contributed by atoms with E-state index in [4.69, 9.17) is 27.9 Å². The Morgan fingerprint density at radius 2 is 1.84 bits per heavy atom. The second-order valence-electron chi connectivity index (χ2n) is 7.66. The van der Waals surface area contributed by atoms with Gasteiger partial charge in [-0.15, -0.1) is 0 Å². The van der Waals surface area contributed by atoms with Gasteiger partial charge in [0, 0.05) is 61.9 Å². The first-order valence-electron chi connectivity index (χ1n) is 10.7. The van der Waals surface area contributed by atoms with E-state index in [1.165, 1.54) is 0 Å². The molecule has 2 heterocycles. The van der Waals surface area contributed by atoms with E-state index in [0.717, 1.165) is 0 Å². The van der Waals surface area contributed by atoms with Crippen molar-refractivity contribution in [2.75, 3.05) is 45.9 Å². The van der Waals surface area contributed by atoms with Crippen LogP contribution < -0.4 is 5.32 Å². The van der Waals surface area contributed by atoms with Crippen LogP contribution in [0.25, 0.3) is 0 Å². The second-order valence-corrected chi connectivity index (χ2v) is 8.50. The van der Waals surface area contributed by atoms with Crippen molar-refractivity contribution in [3.05, 3.63) is 45.1 Å². The van der Waals surface area contributed by atoms with Crippen LogP contribution in [0.1, 0.15) is 32.4 Å². The highest BCUT2D eigenvalue weighted by molar-refractivity contribution is 6.35. The Morgan fingerprint density at radius 3 is 2.41 bits per heavy atom. The molecule has 3 rings (SSSR count). The lowest BCUT2D eigenvalue weighted by Gasteiger charge is -2.40. The van der Waals surface area contributed by atoms with Crippen molar-refractivity contribution in [2.45, 2.75) is 26.8 Å². The Morgan fingerprint density at radius 1 is 1.16 bits per heavy atom. The van der Waals surface area contributed by atoms with Crippen LogP contribution in [0, 0.1) is 0 Å². The maximum absolute atomic E-state index is 13.1. The monoisotopic (exact) mass is 482 g/mol. The highest BCUT2D eigenvalue weighted by atomic mass is 35.5. The number of likely N-dealkylation sites (N-methyl/N-ethyl adjacent to an activating group) is 1. The molecular weight excluding hydrogens is 455 g/mol. The largest absolute Gasteiger partial charge is 0.463 e. The molecule has 1 saturated heterocycles. The van der Waals surface area contributed by atoms with Gasteiger partial charge in [-0.2, -0.15) is 0 Å². The summed E-state index contributed by atoms with van der Waals surface area (Å²) in [5.74, 6) is -0.458. The van der Waals surface area contributed by atoms with E-state index >= 15 is 0 Å². The van der Waals surface area contributed by atoms with Gasteiger partial charge in [-0.05, 0) is 31.5 Å². The molecule has 3 amide bonds. The van der Waals surface area contributed by atoms with Crippen LogP contribution in [0.5, 0.6) is 0 Å². The zero-order chi connectivity index (χ0) is 23.4. The van der Waals surface area contributed by atoms with E-state index < -0.39 is 12.0 Å². The lowest BCUT2D eigenvalue weighted by atomic mass is 9.94. The number of nitrogens with zero attached hydrogens (tertiary/aromatic N) is 3. The molecule has 2 aliphatic heterocycles. The summed E-state index contributed by atoms with van der Waals surface area (Å²) in [6.07, 6.45) is 0. The summed E-state index contributed by atoms with van der Waals surface area (Å²) >= 11 is 12.5. The van der Waals surface area contributed by atoms with Crippen molar-refractivity contribution in [2.24, 2.45) is 0 Å². The highest BCUT2D eigenvalue weighted by Gasteiger charge is 2.39. The van der Waals surface area contributed by atoms with Gasteiger partial charge in [-0.3, -0.25) is 14.6 Å². The first-order chi connectivity index (χ1) is 15.3. The normalized spacial score (nSPS) is 19.8. The topological polar surface area (TPSA) is 82.2 Å². The van der Waals surface area contributed by atoms with Crippen molar-refractivity contribution in [3.63, 3.8) is 0 Å². The van der Waals surface area contributed by atoms with Crippen LogP contribution in [-0.2, 0) is 14.3 Å². The van der Waals surface area contributed by atoms with E-state index in [0.29, 0.717) is 66.1 Å². The maximum atomic E-state index is 13.1. The molecule has 0 unspecified atom stereocenters. The van der Waals surface area contributed by atoms with E-state index in [1.54, 1.807) is 41.8 Å². The third kappa shape index (κ3) is 5.19. The standard InChI is InChI=1S/C22H28Cl2N4O4/c1-4-28-18(13-26-8-10-27(11-9-26)14(3)29)19(21(30)32-5-2)20(25-22(28)31)16-7-6-15(23)12-17(16)24/h6-7,12,20H,4-5,8-11,13H2,1-3H3,(H,25,31)/t20-/m0/s1. The van der Waals surface area contributed by atoms with Crippen LogP contribution in [0.15, 0.2) is 29.5 Å². The van der Waals surface area contributed by atoms with Gasteiger partial charge in [0.25, 0.3) is 0 Å². The molecule has 8 nitrogen and oxygen atoms in total. The fraction of sp³-hybridized carbons (Fsp3) is 0.500. The molecule has 10 heteroatoms. The van der Waals surface area contributed by atoms with E-state index in [2.05, 4.69) is 10.2 Å². The third-order valence-corrected chi connectivity index (χ3v) is 6.28. The molecule has 1 aromatic rings. The van der Waals surface area contributed by atoms with Crippen LogP contribution in [0.2, 0.25) is 10.0 Å². The van der Waals surface area contributed by atoms with Gasteiger partial charge in [0.05, 0.1) is 18.2 Å². The Bertz CT molecular complexity index is 929. The molecule has 1 aromatic carbocycles. The van der Waals surface area contributed by atoms with Crippen molar-refractivity contribution in [1.29, 1.82) is 0 Å². The predicted octanol–water partition coefficient (Wildman–Crippen LogP) is 3.06. The number of carbonyl (C=O) groups is 3. The Balaban J connectivity index is 2.03. The molecule has 2 aliphatic rings. The van der Waals surface area contributed by atoms with Gasteiger partial charge >= 0.3 is 12.0 Å². The van der Waals surface area contributed by atoms with Crippen molar-refractivity contribution >= 4 is 41.1 Å². The number of hydrogen-bond donors (Lipinski definition) is 1. The fourth-order valence-electron chi connectivity index (χ4n) is 4.06. The summed E-state index contributed by atoms with van der Waals surface area (Å²) in [7, 11) is 0. The van der Waals surface area contributed by atoms with Gasteiger partial charge in [-0.1, -0.05) is 29.3 Å². The quantitative estimate of drug-likeness (QED) is 0.630. The smallest absolute Gasteiger partial charge is 0.338 e. The number of esters is 1. The van der Waals surface area contributed by atoms with Crippen LogP contribution in [0.3, 0.4) is 0 Å². The molecule has 1 N–H and O–H groups in total. The molecule has 0 bridgehead atoms. The minimum atomic E-state index is -0.761. The summed E-state index contributed by atoms with van der Waals surface area (Å²) in [4.78, 5) is 43.3. The van der Waals surface area contributed by atoms with Gasteiger partial charge in [0.15, 0.2) is 0 Å². The Labute approximate surface area is 198 Å². The SMILES string of the molecule is CCOC(=O)C1=C(CN2CCN(C(C)=O)CC2)N(CC)C(=O)N[C@H]1c1ccc(Cl)cc1Cl. The average Bonchev–Trinajstić information content (AvgIpc) is 2.74. The number of ether oxygens (including phenoxy) is 1. The first-order valence-corrected chi connectivity index (χ1v) is 11.4. The molecular formula is C22H28Cl2N4O4. The summed E-state index contributed by atoms with van der Waals surface area (Å²) in [5.41, 5.74) is 1.51. The molecule has 1 fully saturated rings. The van der Waals surface area contributed by atoms with Gasteiger partial charge in [0.2, 0.25) is 5.91 Å². The number of nitrogens with one attached hydrogen (secondary N) is 1. The molecule has 1 atom stereocenters. The van der Waals surface area contributed by atoms with Gasteiger partial charge < -0.3 is 15.0 Å². The first kappa shape index (κ1) is 24.4. The predicted molar refractivity (Wildman–Crippen MR) is 122 cm³/mol. The molecule has 32 heavy (non-hydrogen) atoms. The lowest BCUT2D eigenvalue weighted by molar-refractivity contribution is -0.139. The number of hydrogen-bond acceptors (Lipinski definition) is 5. The molecule has 0 aromatic heterocycles. The summed E-state index contributed by atoms with van der Waals surface area (Å²) < 4.78 is 5.38. The second kappa shape index (κ2) is 10.6. The Kier molecular flexibility index (Phi) is 8.03. The van der Waals surface area contributed by atoms with Crippen LogP contribution in [-0.4, -0.2) is 78.5 Å². The molecule has 0 spiro atoms. The number of rotatable bonds is 6. The molecule has 0 radical (unpaired) electrons. The van der Waals surface area contributed by atoms with Gasteiger partial charge in [0.1, 0.15) is 0 Å². The van der Waals surface area contributed by atoms with E-state index in [1.807, 2.05) is 6.92 Å². The Hall–Kier alpha value is -2.29. The zero-order valence-corrected chi connectivity index (χ0v) is 20.0. The number of urea groups is 1. The van der Waals surface area contributed by atoms with Crippen molar-refractivity contribution in [1.82, 2.24) is 20.0 Å². The molecule has 0 aliphatic carbocycles. The average molecular weight is 483 g/mol. The summed E-state index contributed by atoms with van der Waals surface area (Å²) in [6.45, 7) is 8.60. The highest BCUT2D eigenvalue weighted by Crippen LogP contribution is 2.36. The maximum Gasteiger partial charge on any atom is 0.338 e. The minimum Gasteiger partial charge on any atom is -0.463 e. The summed E-state index contributed by atoms with van der Waals surface area (Å²) in [5, 5.41) is 3.71. The zero-order valence-electron chi connectivity index (χ0n) is 18.5. The summed E-state index contributed by atoms with van der Waals surface area (Å²) in [6, 6.07) is 3.89.